The van der Waals surface area contributed by atoms with Gasteiger partial charge < -0.3 is 15.3 Å². The van der Waals surface area contributed by atoms with Crippen LogP contribution in [0.5, 0.6) is 0 Å². The highest BCUT2D eigenvalue weighted by Gasteiger charge is 2.15. The van der Waals surface area contributed by atoms with E-state index < -0.39 is 6.10 Å². The molecule has 0 fully saturated rings. The lowest BCUT2D eigenvalue weighted by Gasteiger charge is -2.23. The minimum atomic E-state index is -0.447. The molecule has 1 aromatic rings. The Morgan fingerprint density at radius 3 is 2.20 bits per heavy atom. The van der Waals surface area contributed by atoms with Crippen LogP contribution in [0.15, 0.2) is 24.3 Å². The molecule has 0 aliphatic heterocycles. The molecule has 1 aromatic carbocycles. The molecule has 114 valence electrons. The Kier molecular flexibility index (Phi) is 7.82. The zero-order valence-electron chi connectivity index (χ0n) is 13.4. The van der Waals surface area contributed by atoms with Gasteiger partial charge in [0.2, 0.25) is 0 Å². The van der Waals surface area contributed by atoms with Crippen molar-refractivity contribution in [3.8, 4) is 0 Å². The van der Waals surface area contributed by atoms with Gasteiger partial charge in [-0.2, -0.15) is 0 Å². The van der Waals surface area contributed by atoms with Crippen LogP contribution in [0.4, 0.5) is 0 Å². The highest BCUT2D eigenvalue weighted by Crippen LogP contribution is 2.17. The molecule has 0 radical (unpaired) electrons. The third-order valence-electron chi connectivity index (χ3n) is 3.99. The lowest BCUT2D eigenvalue weighted by atomic mass is 10.0. The largest absolute Gasteiger partial charge is 0.387 e. The molecule has 2 atom stereocenters. The van der Waals surface area contributed by atoms with Crippen molar-refractivity contribution in [3.05, 3.63) is 35.4 Å². The fourth-order valence-corrected chi connectivity index (χ4v) is 2.34. The minimum absolute atomic E-state index is 0.0676. The molecule has 20 heavy (non-hydrogen) atoms. The summed E-state index contributed by atoms with van der Waals surface area (Å²) in [5.41, 5.74) is 2.30. The van der Waals surface area contributed by atoms with Crippen molar-refractivity contribution in [2.45, 2.75) is 46.3 Å². The van der Waals surface area contributed by atoms with Crippen LogP contribution in [0.3, 0.4) is 0 Å². The van der Waals surface area contributed by atoms with E-state index in [0.717, 1.165) is 38.2 Å². The van der Waals surface area contributed by atoms with Gasteiger partial charge >= 0.3 is 0 Å². The standard InChI is InChI=1S/C17H30N2O/c1-5-15-8-10-16(11-9-15)17(20)14(4)18-12-13-19(6-2)7-3/h8-11,14,17-18,20H,5-7,12-13H2,1-4H3. The van der Waals surface area contributed by atoms with Crippen LogP contribution in [0, 0.1) is 0 Å². The number of hydrogen-bond acceptors (Lipinski definition) is 3. The van der Waals surface area contributed by atoms with Crippen LogP contribution in [0.25, 0.3) is 0 Å². The summed E-state index contributed by atoms with van der Waals surface area (Å²) in [5.74, 6) is 0. The monoisotopic (exact) mass is 278 g/mol. The van der Waals surface area contributed by atoms with E-state index in [0.29, 0.717) is 0 Å². The molecular weight excluding hydrogens is 248 g/mol. The van der Waals surface area contributed by atoms with Gasteiger partial charge in [-0.3, -0.25) is 0 Å². The van der Waals surface area contributed by atoms with Gasteiger partial charge in [-0.25, -0.2) is 0 Å². The summed E-state index contributed by atoms with van der Waals surface area (Å²) in [6, 6.07) is 8.33. The second kappa shape index (κ2) is 9.11. The quantitative estimate of drug-likeness (QED) is 0.729. The smallest absolute Gasteiger partial charge is 0.0940 e. The van der Waals surface area contributed by atoms with Crippen LogP contribution in [0.2, 0.25) is 0 Å². The van der Waals surface area contributed by atoms with E-state index in [-0.39, 0.29) is 6.04 Å². The Hall–Kier alpha value is -0.900. The van der Waals surface area contributed by atoms with Crippen molar-refractivity contribution < 1.29 is 5.11 Å². The number of aryl methyl sites for hydroxylation is 1. The van der Waals surface area contributed by atoms with Gasteiger partial charge in [-0.1, -0.05) is 45.0 Å². The first kappa shape index (κ1) is 17.2. The van der Waals surface area contributed by atoms with E-state index in [2.05, 4.69) is 43.1 Å². The van der Waals surface area contributed by atoms with Gasteiger partial charge in [0.1, 0.15) is 0 Å². The van der Waals surface area contributed by atoms with Crippen molar-refractivity contribution in [1.29, 1.82) is 0 Å². The second-order valence-corrected chi connectivity index (χ2v) is 5.31. The Labute approximate surface area is 124 Å². The van der Waals surface area contributed by atoms with E-state index in [1.807, 2.05) is 19.1 Å². The number of aliphatic hydroxyl groups is 1. The SMILES string of the molecule is CCc1ccc(C(O)C(C)NCCN(CC)CC)cc1. The highest BCUT2D eigenvalue weighted by molar-refractivity contribution is 5.24. The van der Waals surface area contributed by atoms with Gasteiger partial charge in [0, 0.05) is 19.1 Å². The van der Waals surface area contributed by atoms with Crippen molar-refractivity contribution in [3.63, 3.8) is 0 Å². The molecule has 2 N–H and O–H groups in total. The van der Waals surface area contributed by atoms with Crippen LogP contribution in [0.1, 0.15) is 44.9 Å². The van der Waals surface area contributed by atoms with E-state index in [1.165, 1.54) is 5.56 Å². The summed E-state index contributed by atoms with van der Waals surface area (Å²) in [6.45, 7) is 12.6. The molecule has 0 bridgehead atoms. The molecule has 1 rings (SSSR count). The van der Waals surface area contributed by atoms with E-state index >= 15 is 0 Å². The fourth-order valence-electron chi connectivity index (χ4n) is 2.34. The first-order valence-electron chi connectivity index (χ1n) is 7.84. The number of rotatable bonds is 9. The van der Waals surface area contributed by atoms with Gasteiger partial charge in [-0.05, 0) is 37.6 Å². The maximum atomic E-state index is 10.4. The fraction of sp³-hybridized carbons (Fsp3) is 0.647. The first-order chi connectivity index (χ1) is 9.62. The predicted octanol–water partition coefficient (Wildman–Crippen LogP) is 2.60. The van der Waals surface area contributed by atoms with Crippen LogP contribution < -0.4 is 5.32 Å². The molecule has 0 saturated carbocycles. The summed E-state index contributed by atoms with van der Waals surface area (Å²) in [5, 5.41) is 13.8. The normalized spacial score (nSPS) is 14.5. The lowest BCUT2D eigenvalue weighted by molar-refractivity contribution is 0.134. The summed E-state index contributed by atoms with van der Waals surface area (Å²) in [4.78, 5) is 2.38. The molecule has 0 aromatic heterocycles. The van der Waals surface area contributed by atoms with Gasteiger partial charge in [0.05, 0.1) is 6.10 Å². The Morgan fingerprint density at radius 2 is 1.70 bits per heavy atom. The molecule has 0 heterocycles. The average molecular weight is 278 g/mol. The van der Waals surface area contributed by atoms with Crippen molar-refractivity contribution in [2.75, 3.05) is 26.2 Å². The van der Waals surface area contributed by atoms with Crippen molar-refractivity contribution in [1.82, 2.24) is 10.2 Å². The molecule has 0 spiro atoms. The zero-order chi connectivity index (χ0) is 15.0. The molecule has 2 unspecified atom stereocenters. The van der Waals surface area contributed by atoms with Crippen LogP contribution in [-0.2, 0) is 6.42 Å². The van der Waals surface area contributed by atoms with Gasteiger partial charge in [-0.15, -0.1) is 0 Å². The Bertz CT molecular complexity index is 360. The van der Waals surface area contributed by atoms with Crippen molar-refractivity contribution >= 4 is 0 Å². The highest BCUT2D eigenvalue weighted by atomic mass is 16.3. The number of aliphatic hydroxyl groups excluding tert-OH is 1. The Balaban J connectivity index is 2.43. The molecule has 0 saturated heterocycles. The minimum Gasteiger partial charge on any atom is -0.387 e. The number of hydrogen-bond donors (Lipinski definition) is 2. The molecular formula is C17H30N2O. The van der Waals surface area contributed by atoms with Crippen LogP contribution >= 0.6 is 0 Å². The summed E-state index contributed by atoms with van der Waals surface area (Å²) in [6.07, 6.45) is 0.589. The number of nitrogens with zero attached hydrogens (tertiary/aromatic N) is 1. The molecule has 3 nitrogen and oxygen atoms in total. The zero-order valence-corrected chi connectivity index (χ0v) is 13.4. The van der Waals surface area contributed by atoms with Crippen LogP contribution in [-0.4, -0.2) is 42.2 Å². The number of likely N-dealkylation sites (N-methyl/N-ethyl adjacent to an activating group) is 1. The first-order valence-corrected chi connectivity index (χ1v) is 7.84. The predicted molar refractivity (Wildman–Crippen MR) is 86.0 cm³/mol. The molecule has 0 amide bonds. The van der Waals surface area contributed by atoms with Gasteiger partial charge in [0.25, 0.3) is 0 Å². The lowest BCUT2D eigenvalue weighted by Crippen LogP contribution is -2.38. The Morgan fingerprint density at radius 1 is 1.10 bits per heavy atom. The second-order valence-electron chi connectivity index (χ2n) is 5.31. The maximum absolute atomic E-state index is 10.4. The van der Waals surface area contributed by atoms with E-state index in [1.54, 1.807) is 0 Å². The summed E-state index contributed by atoms with van der Waals surface area (Å²) >= 11 is 0. The third-order valence-corrected chi connectivity index (χ3v) is 3.99. The topological polar surface area (TPSA) is 35.5 Å². The molecule has 0 aliphatic rings. The third kappa shape index (κ3) is 5.23. The van der Waals surface area contributed by atoms with Crippen molar-refractivity contribution in [2.24, 2.45) is 0 Å². The molecule has 3 heteroatoms. The molecule has 0 aliphatic carbocycles. The van der Waals surface area contributed by atoms with Gasteiger partial charge in [0.15, 0.2) is 0 Å². The number of nitrogens with one attached hydrogen (secondary N) is 1. The number of benzene rings is 1. The average Bonchev–Trinajstić information content (AvgIpc) is 2.50. The van der Waals surface area contributed by atoms with E-state index in [9.17, 15) is 5.11 Å². The maximum Gasteiger partial charge on any atom is 0.0940 e. The van der Waals surface area contributed by atoms with E-state index in [4.69, 9.17) is 0 Å². The summed E-state index contributed by atoms with van der Waals surface area (Å²) in [7, 11) is 0. The summed E-state index contributed by atoms with van der Waals surface area (Å²) < 4.78 is 0.